The predicted octanol–water partition coefficient (Wildman–Crippen LogP) is 2.37. The van der Waals surface area contributed by atoms with E-state index in [1.54, 1.807) is 37.4 Å². The van der Waals surface area contributed by atoms with Gasteiger partial charge in [-0.1, -0.05) is 0 Å². The van der Waals surface area contributed by atoms with Crippen molar-refractivity contribution < 1.29 is 18.7 Å². The zero-order valence-electron chi connectivity index (χ0n) is 11.6. The van der Waals surface area contributed by atoms with Gasteiger partial charge in [-0.2, -0.15) is 0 Å². The van der Waals surface area contributed by atoms with Crippen LogP contribution in [0.2, 0.25) is 0 Å². The molecule has 1 heterocycles. The van der Waals surface area contributed by atoms with Gasteiger partial charge < -0.3 is 9.15 Å². The number of hydrazine groups is 1. The van der Waals surface area contributed by atoms with E-state index >= 15 is 0 Å². The van der Waals surface area contributed by atoms with Crippen LogP contribution >= 0.6 is 22.6 Å². The molecule has 0 spiro atoms. The summed E-state index contributed by atoms with van der Waals surface area (Å²) in [4.78, 5) is 23.5. The van der Waals surface area contributed by atoms with E-state index in [1.807, 2.05) is 0 Å². The van der Waals surface area contributed by atoms with Gasteiger partial charge in [0.05, 0.1) is 16.9 Å². The van der Waals surface area contributed by atoms with E-state index in [0.717, 1.165) is 3.57 Å². The molecule has 7 heteroatoms. The number of methoxy groups -OCH3 is 1. The summed E-state index contributed by atoms with van der Waals surface area (Å²) in [5, 5.41) is 0. The molecular weight excluding hydrogens is 399 g/mol. The van der Waals surface area contributed by atoms with Gasteiger partial charge in [-0.25, -0.2) is 0 Å². The topological polar surface area (TPSA) is 80.6 Å². The largest absolute Gasteiger partial charge is 0.496 e. The average Bonchev–Trinajstić information content (AvgIpc) is 3.03. The van der Waals surface area contributed by atoms with E-state index in [-0.39, 0.29) is 0 Å². The molecule has 114 valence electrons. The minimum atomic E-state index is -0.465. The van der Waals surface area contributed by atoms with Gasteiger partial charge in [-0.3, -0.25) is 20.4 Å². The number of hydrogen-bond donors (Lipinski definition) is 2. The number of furan rings is 1. The summed E-state index contributed by atoms with van der Waals surface area (Å²) < 4.78 is 11.0. The van der Waals surface area contributed by atoms with Crippen LogP contribution in [0.25, 0.3) is 6.08 Å². The van der Waals surface area contributed by atoms with Crippen molar-refractivity contribution in [1.29, 1.82) is 0 Å². The predicted molar refractivity (Wildman–Crippen MR) is 89.1 cm³/mol. The van der Waals surface area contributed by atoms with Crippen LogP contribution in [0.1, 0.15) is 16.1 Å². The molecule has 2 aromatic rings. The van der Waals surface area contributed by atoms with Gasteiger partial charge in [0.15, 0.2) is 0 Å². The highest BCUT2D eigenvalue weighted by atomic mass is 127. The molecule has 1 aromatic carbocycles. The summed E-state index contributed by atoms with van der Waals surface area (Å²) in [5.74, 6) is 0.349. The van der Waals surface area contributed by atoms with Crippen molar-refractivity contribution in [2.24, 2.45) is 0 Å². The summed E-state index contributed by atoms with van der Waals surface area (Å²) in [6, 6.07) is 8.39. The highest BCUT2D eigenvalue weighted by molar-refractivity contribution is 14.1. The quantitative estimate of drug-likeness (QED) is 0.459. The lowest BCUT2D eigenvalue weighted by Gasteiger charge is -2.07. The Bertz CT molecular complexity index is 696. The average molecular weight is 412 g/mol. The lowest BCUT2D eigenvalue weighted by atomic mass is 10.2. The Balaban J connectivity index is 1.89. The van der Waals surface area contributed by atoms with E-state index in [2.05, 4.69) is 33.4 Å². The third kappa shape index (κ3) is 4.35. The van der Waals surface area contributed by atoms with Crippen molar-refractivity contribution in [3.63, 3.8) is 0 Å². The summed E-state index contributed by atoms with van der Waals surface area (Å²) in [6.45, 7) is 0. The van der Waals surface area contributed by atoms with E-state index < -0.39 is 11.8 Å². The fourth-order valence-corrected chi connectivity index (χ4v) is 2.32. The molecule has 0 saturated heterocycles. The molecule has 1 aromatic heterocycles. The summed E-state index contributed by atoms with van der Waals surface area (Å²) in [6.07, 6.45) is 4.26. The second-order valence-corrected chi connectivity index (χ2v) is 5.30. The summed E-state index contributed by atoms with van der Waals surface area (Å²) in [7, 11) is 1.56. The summed E-state index contributed by atoms with van der Waals surface area (Å²) in [5.41, 5.74) is 5.04. The standard InChI is InChI=1S/C15H13IN2O4/c1-21-13-6-4-10(9-12(13)16)15(20)18-17-14(19)7-5-11-3-2-8-22-11/h2-9H,1H3,(H,17,19)(H,18,20). The molecule has 0 aliphatic carbocycles. The molecule has 2 amide bonds. The van der Waals surface area contributed by atoms with Crippen LogP contribution in [0, 0.1) is 3.57 Å². The Morgan fingerprint density at radius 1 is 1.27 bits per heavy atom. The monoisotopic (exact) mass is 412 g/mol. The molecule has 2 rings (SSSR count). The maximum atomic E-state index is 11.9. The second kappa shape index (κ2) is 7.64. The smallest absolute Gasteiger partial charge is 0.269 e. The fourth-order valence-electron chi connectivity index (χ4n) is 1.58. The Labute approximate surface area is 140 Å². The molecule has 0 saturated carbocycles. The molecule has 6 nitrogen and oxygen atoms in total. The molecule has 0 radical (unpaired) electrons. The lowest BCUT2D eigenvalue weighted by molar-refractivity contribution is -0.117. The van der Waals surface area contributed by atoms with Crippen molar-refractivity contribution in [2.75, 3.05) is 7.11 Å². The van der Waals surface area contributed by atoms with Crippen LogP contribution in [-0.2, 0) is 4.79 Å². The van der Waals surface area contributed by atoms with Crippen LogP contribution in [0.15, 0.2) is 47.1 Å². The maximum Gasteiger partial charge on any atom is 0.269 e. The normalized spacial score (nSPS) is 10.5. The fraction of sp³-hybridized carbons (Fsp3) is 0.0667. The molecule has 22 heavy (non-hydrogen) atoms. The van der Waals surface area contributed by atoms with Crippen molar-refractivity contribution >= 4 is 40.5 Å². The highest BCUT2D eigenvalue weighted by Gasteiger charge is 2.09. The third-order valence-electron chi connectivity index (χ3n) is 2.66. The first kappa shape index (κ1) is 16.1. The highest BCUT2D eigenvalue weighted by Crippen LogP contribution is 2.21. The first-order chi connectivity index (χ1) is 10.6. The van der Waals surface area contributed by atoms with Crippen molar-refractivity contribution in [3.8, 4) is 5.75 Å². The van der Waals surface area contributed by atoms with Crippen molar-refractivity contribution in [2.45, 2.75) is 0 Å². The van der Waals surface area contributed by atoms with Crippen molar-refractivity contribution in [3.05, 3.63) is 57.6 Å². The Hall–Kier alpha value is -2.29. The second-order valence-electron chi connectivity index (χ2n) is 4.14. The van der Waals surface area contributed by atoms with E-state index in [0.29, 0.717) is 17.1 Å². The lowest BCUT2D eigenvalue weighted by Crippen LogP contribution is -2.40. The molecule has 2 N–H and O–H groups in total. The number of carbonyl (C=O) groups excluding carboxylic acids is 2. The molecule has 0 aliphatic rings. The van der Waals surface area contributed by atoms with Gasteiger partial charge in [-0.05, 0) is 59.0 Å². The van der Waals surface area contributed by atoms with Gasteiger partial charge in [0, 0.05) is 11.6 Å². The van der Waals surface area contributed by atoms with Gasteiger partial charge in [0.25, 0.3) is 11.8 Å². The number of benzene rings is 1. The van der Waals surface area contributed by atoms with Crippen LogP contribution in [0.3, 0.4) is 0 Å². The van der Waals surface area contributed by atoms with Crippen LogP contribution in [0.5, 0.6) is 5.75 Å². The van der Waals surface area contributed by atoms with Gasteiger partial charge in [0.1, 0.15) is 11.5 Å². The first-order valence-corrected chi connectivity index (χ1v) is 7.33. The van der Waals surface area contributed by atoms with Crippen molar-refractivity contribution in [1.82, 2.24) is 10.9 Å². The van der Waals surface area contributed by atoms with Gasteiger partial charge in [-0.15, -0.1) is 0 Å². The maximum absolute atomic E-state index is 11.9. The summed E-state index contributed by atoms with van der Waals surface area (Å²) >= 11 is 2.07. The number of amides is 2. The van der Waals surface area contributed by atoms with Gasteiger partial charge >= 0.3 is 0 Å². The SMILES string of the molecule is COc1ccc(C(=O)NNC(=O)C=Cc2ccco2)cc1I. The molecule has 0 aliphatic heterocycles. The Morgan fingerprint density at radius 2 is 2.09 bits per heavy atom. The zero-order valence-corrected chi connectivity index (χ0v) is 13.8. The van der Waals surface area contributed by atoms with E-state index in [4.69, 9.17) is 9.15 Å². The molecular formula is C15H13IN2O4. The number of halogens is 1. The molecule has 0 unspecified atom stereocenters. The first-order valence-electron chi connectivity index (χ1n) is 6.25. The minimum Gasteiger partial charge on any atom is -0.496 e. The van der Waals surface area contributed by atoms with Crippen LogP contribution in [0.4, 0.5) is 0 Å². The third-order valence-corrected chi connectivity index (χ3v) is 3.50. The number of ether oxygens (including phenoxy) is 1. The number of nitrogens with one attached hydrogen (secondary N) is 2. The zero-order chi connectivity index (χ0) is 15.9. The van der Waals surface area contributed by atoms with E-state index in [9.17, 15) is 9.59 Å². The Morgan fingerprint density at radius 3 is 2.73 bits per heavy atom. The number of hydrogen-bond acceptors (Lipinski definition) is 4. The molecule has 0 bridgehead atoms. The van der Waals surface area contributed by atoms with Crippen LogP contribution in [-0.4, -0.2) is 18.9 Å². The molecule has 0 fully saturated rings. The minimum absolute atomic E-state index is 0.416. The van der Waals surface area contributed by atoms with Gasteiger partial charge in [0.2, 0.25) is 0 Å². The number of carbonyl (C=O) groups is 2. The number of rotatable bonds is 4. The van der Waals surface area contributed by atoms with E-state index in [1.165, 1.54) is 18.4 Å². The molecule has 0 atom stereocenters. The van der Waals surface area contributed by atoms with Crippen LogP contribution < -0.4 is 15.6 Å². The Kier molecular flexibility index (Phi) is 5.59.